The highest BCUT2D eigenvalue weighted by Crippen LogP contribution is 2.32. The van der Waals surface area contributed by atoms with Gasteiger partial charge in [-0.2, -0.15) is 0 Å². The molecule has 3 nitrogen and oxygen atoms in total. The van der Waals surface area contributed by atoms with Crippen LogP contribution in [0.3, 0.4) is 0 Å². The van der Waals surface area contributed by atoms with Gasteiger partial charge in [-0.15, -0.1) is 0 Å². The number of rotatable bonds is 6. The maximum atomic E-state index is 12.3. The van der Waals surface area contributed by atoms with Gasteiger partial charge in [0.1, 0.15) is 18.0 Å². The zero-order valence-electron chi connectivity index (χ0n) is 17.1. The molecule has 3 rings (SSSR count). The van der Waals surface area contributed by atoms with Crippen molar-refractivity contribution in [1.29, 1.82) is 0 Å². The molecule has 3 heteroatoms. The monoisotopic (exact) mass is 386 g/mol. The molecule has 0 unspecified atom stereocenters. The van der Waals surface area contributed by atoms with Crippen molar-refractivity contribution in [3.63, 3.8) is 0 Å². The molecule has 148 valence electrons. The van der Waals surface area contributed by atoms with Crippen LogP contribution in [0, 0.1) is 0 Å². The van der Waals surface area contributed by atoms with Crippen molar-refractivity contribution < 1.29 is 14.3 Å². The highest BCUT2D eigenvalue weighted by atomic mass is 16.6. The molecule has 0 amide bonds. The van der Waals surface area contributed by atoms with E-state index in [2.05, 4.69) is 6.58 Å². The Kier molecular flexibility index (Phi) is 6.18. The highest BCUT2D eigenvalue weighted by molar-refractivity contribution is 5.90. The van der Waals surface area contributed by atoms with E-state index in [9.17, 15) is 4.79 Å². The molecule has 0 atom stereocenters. The molecule has 0 N–H and O–H groups in total. The van der Waals surface area contributed by atoms with Gasteiger partial charge in [0, 0.05) is 5.56 Å². The Bertz CT molecular complexity index is 981. The molecule has 0 aliphatic carbocycles. The largest absolute Gasteiger partial charge is 0.488 e. The van der Waals surface area contributed by atoms with Gasteiger partial charge < -0.3 is 9.47 Å². The topological polar surface area (TPSA) is 35.5 Å². The van der Waals surface area contributed by atoms with Gasteiger partial charge in [-0.25, -0.2) is 4.79 Å². The molecule has 0 bridgehead atoms. The highest BCUT2D eigenvalue weighted by Gasteiger charge is 2.18. The predicted octanol–water partition coefficient (Wildman–Crippen LogP) is 6.53. The summed E-state index contributed by atoms with van der Waals surface area (Å²) >= 11 is 0. The van der Waals surface area contributed by atoms with Crippen LogP contribution >= 0.6 is 0 Å². The number of carbonyl (C=O) groups excluding carboxylic acids is 1. The average Bonchev–Trinajstić information content (AvgIpc) is 2.71. The van der Waals surface area contributed by atoms with Crippen molar-refractivity contribution in [3.8, 4) is 16.9 Å². The summed E-state index contributed by atoms with van der Waals surface area (Å²) in [4.78, 5) is 12.3. The van der Waals surface area contributed by atoms with Gasteiger partial charge in [-0.3, -0.25) is 0 Å². The number of hydrogen-bond donors (Lipinski definition) is 0. The van der Waals surface area contributed by atoms with E-state index in [1.54, 1.807) is 18.2 Å². The van der Waals surface area contributed by atoms with Crippen LogP contribution in [0.15, 0.2) is 79.4 Å². The van der Waals surface area contributed by atoms with Crippen molar-refractivity contribution in [2.45, 2.75) is 33.0 Å². The second-order valence-corrected chi connectivity index (χ2v) is 7.81. The summed E-state index contributed by atoms with van der Waals surface area (Å²) in [6.45, 7) is 9.90. The summed E-state index contributed by atoms with van der Waals surface area (Å²) in [6.07, 6.45) is 1.80. The molecule has 0 spiro atoms. The van der Waals surface area contributed by atoms with Crippen LogP contribution in [0.5, 0.6) is 5.75 Å². The zero-order valence-corrected chi connectivity index (χ0v) is 17.1. The number of carbonyl (C=O) groups is 1. The van der Waals surface area contributed by atoms with Gasteiger partial charge in [0.2, 0.25) is 0 Å². The van der Waals surface area contributed by atoms with E-state index >= 15 is 0 Å². The van der Waals surface area contributed by atoms with E-state index in [1.807, 2.05) is 81.4 Å². The molecule has 0 aliphatic rings. The molecule has 0 saturated carbocycles. The summed E-state index contributed by atoms with van der Waals surface area (Å²) in [7, 11) is 0. The minimum Gasteiger partial charge on any atom is -0.488 e. The Hall–Kier alpha value is -3.33. The quantitative estimate of drug-likeness (QED) is 0.452. The van der Waals surface area contributed by atoms with Crippen LogP contribution < -0.4 is 4.74 Å². The minimum atomic E-state index is -0.519. The van der Waals surface area contributed by atoms with Crippen LogP contribution in [-0.4, -0.2) is 11.6 Å². The lowest BCUT2D eigenvalue weighted by Gasteiger charge is -2.19. The van der Waals surface area contributed by atoms with Gasteiger partial charge in [-0.05, 0) is 55.7 Å². The number of ether oxygens (including phenoxy) is 2. The molecule has 0 saturated heterocycles. The lowest BCUT2D eigenvalue weighted by Crippen LogP contribution is -2.23. The molecular formula is C26H26O3. The Morgan fingerprint density at radius 3 is 2.28 bits per heavy atom. The summed E-state index contributed by atoms with van der Waals surface area (Å²) in [5.74, 6) is 0.447. The van der Waals surface area contributed by atoms with Crippen LogP contribution in [0.2, 0.25) is 0 Å². The van der Waals surface area contributed by atoms with Gasteiger partial charge in [0.25, 0.3) is 0 Å². The average molecular weight is 386 g/mol. The summed E-state index contributed by atoms with van der Waals surface area (Å²) in [5, 5.41) is 0. The van der Waals surface area contributed by atoms with Crippen molar-refractivity contribution in [3.05, 3.63) is 96.1 Å². The van der Waals surface area contributed by atoms with Gasteiger partial charge >= 0.3 is 5.97 Å². The molecule has 3 aromatic carbocycles. The Morgan fingerprint density at radius 2 is 1.66 bits per heavy atom. The standard InChI is InChI=1S/C26H26O3/c1-5-19-11-16-23(24(17-19)28-18-20-9-7-6-8-10-20)21-12-14-22(15-13-21)25(27)29-26(2,3)4/h5-17H,1,18H2,2-4H3. The minimum absolute atomic E-state index is 0.327. The summed E-state index contributed by atoms with van der Waals surface area (Å²) in [6, 6.07) is 23.4. The van der Waals surface area contributed by atoms with Crippen LogP contribution in [-0.2, 0) is 11.3 Å². The molecule has 0 radical (unpaired) electrons. The molecule has 0 aliphatic heterocycles. The van der Waals surface area contributed by atoms with E-state index in [-0.39, 0.29) is 5.97 Å². The number of esters is 1. The fourth-order valence-electron chi connectivity index (χ4n) is 2.88. The molecule has 29 heavy (non-hydrogen) atoms. The summed E-state index contributed by atoms with van der Waals surface area (Å²) in [5.41, 5.74) is 4.02. The molecule has 0 heterocycles. The molecule has 0 aromatic heterocycles. The van der Waals surface area contributed by atoms with Crippen LogP contribution in [0.1, 0.15) is 42.3 Å². The third-order valence-corrected chi connectivity index (χ3v) is 4.31. The van der Waals surface area contributed by atoms with E-state index < -0.39 is 5.60 Å². The number of hydrogen-bond acceptors (Lipinski definition) is 3. The molecule has 0 fully saturated rings. The normalized spacial score (nSPS) is 11.0. The van der Waals surface area contributed by atoms with Crippen LogP contribution in [0.4, 0.5) is 0 Å². The first-order valence-corrected chi connectivity index (χ1v) is 9.63. The zero-order chi connectivity index (χ0) is 20.9. The van der Waals surface area contributed by atoms with Crippen molar-refractivity contribution >= 4 is 12.0 Å². The second kappa shape index (κ2) is 8.78. The van der Waals surface area contributed by atoms with Gasteiger partial charge in [0.15, 0.2) is 0 Å². The Morgan fingerprint density at radius 1 is 0.966 bits per heavy atom. The second-order valence-electron chi connectivity index (χ2n) is 7.81. The van der Waals surface area contributed by atoms with Gasteiger partial charge in [0.05, 0.1) is 5.56 Å². The molecule has 3 aromatic rings. The number of benzene rings is 3. The maximum absolute atomic E-state index is 12.3. The van der Waals surface area contributed by atoms with E-state index in [1.165, 1.54) is 0 Å². The van der Waals surface area contributed by atoms with Gasteiger partial charge in [-0.1, -0.05) is 67.3 Å². The molecular weight excluding hydrogens is 360 g/mol. The first kappa shape index (κ1) is 20.4. The first-order chi connectivity index (χ1) is 13.9. The van der Waals surface area contributed by atoms with Crippen molar-refractivity contribution in [1.82, 2.24) is 0 Å². The smallest absolute Gasteiger partial charge is 0.338 e. The SMILES string of the molecule is C=Cc1ccc(-c2ccc(C(=O)OC(C)(C)C)cc2)c(OCc2ccccc2)c1. The lowest BCUT2D eigenvalue weighted by atomic mass is 10.0. The summed E-state index contributed by atoms with van der Waals surface area (Å²) < 4.78 is 11.6. The fraction of sp³-hybridized carbons (Fsp3) is 0.192. The van der Waals surface area contributed by atoms with Crippen molar-refractivity contribution in [2.75, 3.05) is 0 Å². The lowest BCUT2D eigenvalue weighted by molar-refractivity contribution is 0.00695. The Balaban J connectivity index is 1.85. The Labute approximate surface area is 172 Å². The first-order valence-electron chi connectivity index (χ1n) is 9.63. The van der Waals surface area contributed by atoms with Crippen molar-refractivity contribution in [2.24, 2.45) is 0 Å². The van der Waals surface area contributed by atoms with Crippen LogP contribution in [0.25, 0.3) is 17.2 Å². The predicted molar refractivity (Wildman–Crippen MR) is 118 cm³/mol. The third-order valence-electron chi connectivity index (χ3n) is 4.31. The van der Waals surface area contributed by atoms with E-state index in [0.29, 0.717) is 12.2 Å². The third kappa shape index (κ3) is 5.58. The van der Waals surface area contributed by atoms with E-state index in [4.69, 9.17) is 9.47 Å². The fourth-order valence-corrected chi connectivity index (χ4v) is 2.88. The van der Waals surface area contributed by atoms with E-state index in [0.717, 1.165) is 28.0 Å². The maximum Gasteiger partial charge on any atom is 0.338 e.